The highest BCUT2D eigenvalue weighted by molar-refractivity contribution is 6.39. The number of oxime groups is 1. The van der Waals surface area contributed by atoms with Crippen molar-refractivity contribution in [2.24, 2.45) is 5.16 Å². The first-order valence-corrected chi connectivity index (χ1v) is 8.12. The summed E-state index contributed by atoms with van der Waals surface area (Å²) in [5.74, 6) is -0.178. The average Bonchev–Trinajstić information content (AvgIpc) is 3.15. The molecule has 0 spiro atoms. The van der Waals surface area contributed by atoms with Gasteiger partial charge in [0.1, 0.15) is 5.71 Å². The number of rotatable bonds is 5. The fraction of sp³-hybridized carbons (Fsp3) is 0.389. The summed E-state index contributed by atoms with van der Waals surface area (Å²) in [6.45, 7) is 6.55. The Balaban J connectivity index is 1.55. The molecule has 0 radical (unpaired) electrons. The number of carbonyl (C=O) groups excluding carboxylic acids is 1. The van der Waals surface area contributed by atoms with E-state index in [0.29, 0.717) is 18.7 Å². The van der Waals surface area contributed by atoms with Crippen LogP contribution in [-0.2, 0) is 16.2 Å². The second kappa shape index (κ2) is 6.86. The molecule has 1 aromatic carbocycles. The SMILES string of the molecule is Cc1cc(C)n(C[C@H](C)NC(=O)C2=NO[C@@H](c3ccccc3)C2)n1. The lowest BCUT2D eigenvalue weighted by atomic mass is 10.0. The molecule has 24 heavy (non-hydrogen) atoms. The van der Waals surface area contributed by atoms with Gasteiger partial charge in [-0.25, -0.2) is 0 Å². The number of amides is 1. The summed E-state index contributed by atoms with van der Waals surface area (Å²) in [6.07, 6.45) is 0.306. The second-order valence-corrected chi connectivity index (χ2v) is 6.23. The van der Waals surface area contributed by atoms with E-state index in [1.165, 1.54) is 0 Å². The molecule has 1 aromatic heterocycles. The Morgan fingerprint density at radius 3 is 2.79 bits per heavy atom. The second-order valence-electron chi connectivity index (χ2n) is 6.23. The molecule has 2 atom stereocenters. The van der Waals surface area contributed by atoms with Crippen LogP contribution in [0.15, 0.2) is 41.6 Å². The zero-order valence-corrected chi connectivity index (χ0v) is 14.2. The Morgan fingerprint density at radius 2 is 2.12 bits per heavy atom. The highest BCUT2D eigenvalue weighted by Gasteiger charge is 2.27. The van der Waals surface area contributed by atoms with Gasteiger partial charge >= 0.3 is 0 Å². The fourth-order valence-electron chi connectivity index (χ4n) is 2.83. The summed E-state index contributed by atoms with van der Waals surface area (Å²) < 4.78 is 1.90. The van der Waals surface area contributed by atoms with E-state index in [4.69, 9.17) is 4.84 Å². The average molecular weight is 326 g/mol. The number of aromatic nitrogens is 2. The fourth-order valence-corrected chi connectivity index (χ4v) is 2.83. The lowest BCUT2D eigenvalue weighted by Crippen LogP contribution is -2.39. The summed E-state index contributed by atoms with van der Waals surface area (Å²) in [6, 6.07) is 11.8. The molecule has 1 aliphatic rings. The van der Waals surface area contributed by atoms with Gasteiger partial charge in [-0.05, 0) is 32.4 Å². The standard InChI is InChI=1S/C18H22N4O2/c1-12-9-14(3)22(20-12)11-13(2)19-18(23)16-10-17(24-21-16)15-7-5-4-6-8-15/h4-9,13,17H,10-11H2,1-3H3,(H,19,23)/t13-,17+/m0/s1. The lowest BCUT2D eigenvalue weighted by Gasteiger charge is -2.14. The van der Waals surface area contributed by atoms with Crippen molar-refractivity contribution in [3.63, 3.8) is 0 Å². The minimum atomic E-state index is -0.182. The molecule has 1 amide bonds. The molecule has 6 heteroatoms. The maximum atomic E-state index is 12.4. The van der Waals surface area contributed by atoms with Gasteiger partial charge in [-0.2, -0.15) is 5.10 Å². The predicted octanol–water partition coefficient (Wildman–Crippen LogP) is 2.52. The first-order valence-electron chi connectivity index (χ1n) is 8.12. The molecule has 1 N–H and O–H groups in total. The number of carbonyl (C=O) groups is 1. The van der Waals surface area contributed by atoms with E-state index in [1.807, 2.05) is 61.9 Å². The topological polar surface area (TPSA) is 68.5 Å². The molecule has 3 rings (SSSR count). The Morgan fingerprint density at radius 1 is 1.38 bits per heavy atom. The van der Waals surface area contributed by atoms with E-state index in [2.05, 4.69) is 15.6 Å². The van der Waals surface area contributed by atoms with Crippen molar-refractivity contribution < 1.29 is 9.63 Å². The molecule has 0 saturated carbocycles. The summed E-state index contributed by atoms with van der Waals surface area (Å²) in [5.41, 5.74) is 3.52. The van der Waals surface area contributed by atoms with E-state index in [0.717, 1.165) is 17.0 Å². The highest BCUT2D eigenvalue weighted by atomic mass is 16.6. The zero-order valence-electron chi connectivity index (χ0n) is 14.2. The number of nitrogens with zero attached hydrogens (tertiary/aromatic N) is 3. The summed E-state index contributed by atoms with van der Waals surface area (Å²) in [5, 5.41) is 11.3. The smallest absolute Gasteiger partial charge is 0.269 e. The van der Waals surface area contributed by atoms with Crippen LogP contribution in [0.2, 0.25) is 0 Å². The zero-order chi connectivity index (χ0) is 17.1. The van der Waals surface area contributed by atoms with Crippen molar-refractivity contribution in [1.82, 2.24) is 15.1 Å². The summed E-state index contributed by atoms with van der Waals surface area (Å²) in [7, 11) is 0. The van der Waals surface area contributed by atoms with E-state index in [9.17, 15) is 4.79 Å². The highest BCUT2D eigenvalue weighted by Crippen LogP contribution is 2.26. The molecule has 2 aromatic rings. The van der Waals surface area contributed by atoms with Crippen LogP contribution in [0, 0.1) is 13.8 Å². The molecule has 0 aliphatic carbocycles. The predicted molar refractivity (Wildman–Crippen MR) is 91.6 cm³/mol. The number of nitrogens with one attached hydrogen (secondary N) is 1. The maximum absolute atomic E-state index is 12.4. The van der Waals surface area contributed by atoms with Crippen LogP contribution in [0.25, 0.3) is 0 Å². The molecular weight excluding hydrogens is 304 g/mol. The first-order chi connectivity index (χ1) is 11.5. The van der Waals surface area contributed by atoms with E-state index in [1.54, 1.807) is 0 Å². The van der Waals surface area contributed by atoms with Gasteiger partial charge < -0.3 is 10.2 Å². The maximum Gasteiger partial charge on any atom is 0.269 e. The molecule has 2 heterocycles. The van der Waals surface area contributed by atoms with Gasteiger partial charge in [-0.15, -0.1) is 0 Å². The third-order valence-electron chi connectivity index (χ3n) is 4.03. The number of aryl methyl sites for hydroxylation is 2. The van der Waals surface area contributed by atoms with Crippen LogP contribution in [0.3, 0.4) is 0 Å². The van der Waals surface area contributed by atoms with Gasteiger partial charge in [0.2, 0.25) is 0 Å². The molecule has 6 nitrogen and oxygen atoms in total. The number of hydrogen-bond donors (Lipinski definition) is 1. The van der Waals surface area contributed by atoms with E-state index >= 15 is 0 Å². The Hall–Kier alpha value is -2.63. The normalized spacial score (nSPS) is 18.0. The third-order valence-corrected chi connectivity index (χ3v) is 4.03. The van der Waals surface area contributed by atoms with Gasteiger partial charge in [-0.1, -0.05) is 35.5 Å². The van der Waals surface area contributed by atoms with Crippen molar-refractivity contribution in [2.75, 3.05) is 0 Å². The molecule has 0 unspecified atom stereocenters. The third kappa shape index (κ3) is 3.64. The monoisotopic (exact) mass is 326 g/mol. The largest absolute Gasteiger partial charge is 0.387 e. The lowest BCUT2D eigenvalue weighted by molar-refractivity contribution is -0.115. The van der Waals surface area contributed by atoms with Crippen molar-refractivity contribution in [3.05, 3.63) is 53.3 Å². The van der Waals surface area contributed by atoms with Crippen LogP contribution in [0.5, 0.6) is 0 Å². The van der Waals surface area contributed by atoms with E-state index < -0.39 is 0 Å². The van der Waals surface area contributed by atoms with E-state index in [-0.39, 0.29) is 18.1 Å². The van der Waals surface area contributed by atoms with Gasteiger partial charge in [0, 0.05) is 18.2 Å². The Labute approximate surface area is 141 Å². The molecule has 1 aliphatic heterocycles. The summed E-state index contributed by atoms with van der Waals surface area (Å²) >= 11 is 0. The van der Waals surface area contributed by atoms with Crippen molar-refractivity contribution in [3.8, 4) is 0 Å². The van der Waals surface area contributed by atoms with Crippen LogP contribution >= 0.6 is 0 Å². The van der Waals surface area contributed by atoms with Crippen LogP contribution < -0.4 is 5.32 Å². The quantitative estimate of drug-likeness (QED) is 0.918. The minimum Gasteiger partial charge on any atom is -0.387 e. The summed E-state index contributed by atoms with van der Waals surface area (Å²) in [4.78, 5) is 17.8. The molecule has 0 saturated heterocycles. The van der Waals surface area contributed by atoms with Gasteiger partial charge in [0.05, 0.1) is 12.2 Å². The van der Waals surface area contributed by atoms with Crippen LogP contribution in [0.4, 0.5) is 0 Å². The van der Waals surface area contributed by atoms with Gasteiger partial charge in [-0.3, -0.25) is 9.48 Å². The van der Waals surface area contributed by atoms with Crippen molar-refractivity contribution in [1.29, 1.82) is 0 Å². The van der Waals surface area contributed by atoms with Crippen molar-refractivity contribution in [2.45, 2.75) is 45.9 Å². The molecular formula is C18H22N4O2. The van der Waals surface area contributed by atoms with Gasteiger partial charge in [0.25, 0.3) is 5.91 Å². The number of benzene rings is 1. The van der Waals surface area contributed by atoms with Crippen LogP contribution in [-0.4, -0.2) is 27.4 Å². The molecule has 0 bridgehead atoms. The molecule has 126 valence electrons. The Kier molecular flexibility index (Phi) is 4.64. The number of hydrogen-bond acceptors (Lipinski definition) is 4. The van der Waals surface area contributed by atoms with Gasteiger partial charge in [0.15, 0.2) is 6.10 Å². The molecule has 0 fully saturated rings. The van der Waals surface area contributed by atoms with Crippen molar-refractivity contribution >= 4 is 11.6 Å². The Bertz CT molecular complexity index is 752. The first kappa shape index (κ1) is 16.2. The minimum absolute atomic E-state index is 0.0472. The van der Waals surface area contributed by atoms with Crippen LogP contribution in [0.1, 0.15) is 36.4 Å².